The van der Waals surface area contributed by atoms with E-state index < -0.39 is 0 Å². The second-order valence-electron chi connectivity index (χ2n) is 11.6. The van der Waals surface area contributed by atoms with Crippen LogP contribution >= 0.6 is 11.5 Å². The largest absolute Gasteiger partial charge is 0.415 e. The summed E-state index contributed by atoms with van der Waals surface area (Å²) in [4.78, 5) is 42.1. The maximum atomic E-state index is 12.9. The van der Waals surface area contributed by atoms with Crippen molar-refractivity contribution in [2.75, 3.05) is 50.9 Å². The van der Waals surface area contributed by atoms with Crippen LogP contribution in [0.2, 0.25) is 0 Å². The van der Waals surface area contributed by atoms with Gasteiger partial charge in [-0.15, -0.1) is 0 Å². The van der Waals surface area contributed by atoms with Gasteiger partial charge in [0.15, 0.2) is 5.82 Å². The third kappa shape index (κ3) is 6.30. The zero-order valence-electron chi connectivity index (χ0n) is 23.3. The fraction of sp³-hybridized carbons (Fsp3) is 0.667. The van der Waals surface area contributed by atoms with Crippen LogP contribution in [0.15, 0.2) is 24.3 Å². The molecule has 3 fully saturated rings. The molecular weight excluding hydrogens is 512 g/mol. The number of ether oxygens (including phenoxy) is 1. The number of carbonyl (C=O) groups excluding carboxylic acids is 3. The van der Waals surface area contributed by atoms with Crippen molar-refractivity contribution in [3.05, 3.63) is 24.3 Å². The Morgan fingerprint density at radius 1 is 1.03 bits per heavy atom. The van der Waals surface area contributed by atoms with Crippen LogP contribution in [0.25, 0.3) is 10.1 Å². The molecule has 0 spiro atoms. The van der Waals surface area contributed by atoms with Crippen molar-refractivity contribution in [3.63, 3.8) is 0 Å². The maximum Gasteiger partial charge on any atom is 0.310 e. The van der Waals surface area contributed by atoms with E-state index in [1.807, 2.05) is 0 Å². The molecule has 2 saturated heterocycles. The number of nitrogens with zero attached hydrogens (tertiary/aromatic N) is 4. The summed E-state index contributed by atoms with van der Waals surface area (Å²) >= 11 is 1.54. The normalized spacial score (nSPS) is 22.9. The van der Waals surface area contributed by atoms with E-state index in [-0.39, 0.29) is 29.6 Å². The number of amides is 2. The molecule has 1 aliphatic carbocycles. The van der Waals surface area contributed by atoms with Crippen molar-refractivity contribution in [1.29, 1.82) is 0 Å². The van der Waals surface area contributed by atoms with Gasteiger partial charge < -0.3 is 9.64 Å². The Balaban J connectivity index is 1.18. The van der Waals surface area contributed by atoms with E-state index >= 15 is 0 Å². The Bertz CT molecular complexity index is 1130. The third-order valence-corrected chi connectivity index (χ3v) is 9.84. The van der Waals surface area contributed by atoms with Gasteiger partial charge in [0.05, 0.1) is 49.3 Å². The van der Waals surface area contributed by atoms with Crippen LogP contribution in [0.4, 0.5) is 5.82 Å². The average molecular weight is 556 g/mol. The van der Waals surface area contributed by atoms with Crippen LogP contribution in [0.1, 0.15) is 71.1 Å². The highest BCUT2D eigenvalue weighted by Crippen LogP contribution is 2.38. The lowest BCUT2D eigenvalue weighted by atomic mass is 9.81. The molecule has 3 aliphatic rings. The van der Waals surface area contributed by atoms with Crippen LogP contribution in [-0.4, -0.2) is 77.5 Å². The lowest BCUT2D eigenvalue weighted by molar-refractivity contribution is -0.944. The standard InChI is InChI=1S/C30H43N4O4S/c1-2-3-4-15-27(35)38-22-34(19-10-9-16-33-29(36)23-11-5-6-12-24(23)30(33)37)20-17-32(18-21-34)28-25-13-7-8-14-26(25)39-31-28/h7-8,13-14,23-24H,2-6,9-12,15-22H2,1H3/q+1. The van der Waals surface area contributed by atoms with Gasteiger partial charge in [0.25, 0.3) is 0 Å². The van der Waals surface area contributed by atoms with E-state index in [9.17, 15) is 14.4 Å². The second kappa shape index (κ2) is 12.8. The summed E-state index contributed by atoms with van der Waals surface area (Å²) < 4.78 is 12.5. The van der Waals surface area contributed by atoms with Crippen molar-refractivity contribution in [2.24, 2.45) is 11.8 Å². The van der Waals surface area contributed by atoms with Crippen LogP contribution in [0.3, 0.4) is 0 Å². The first kappa shape index (κ1) is 28.0. The molecule has 1 saturated carbocycles. The predicted molar refractivity (Wildman–Crippen MR) is 153 cm³/mol. The molecule has 2 aliphatic heterocycles. The number of hydrogen-bond donors (Lipinski definition) is 0. The molecule has 2 aromatic rings. The summed E-state index contributed by atoms with van der Waals surface area (Å²) in [6, 6.07) is 8.37. The van der Waals surface area contributed by atoms with Crippen molar-refractivity contribution in [2.45, 2.75) is 71.1 Å². The lowest BCUT2D eigenvalue weighted by Crippen LogP contribution is -2.61. The van der Waals surface area contributed by atoms with E-state index in [2.05, 4.69) is 36.1 Å². The minimum Gasteiger partial charge on any atom is -0.415 e. The number of esters is 1. The SMILES string of the molecule is CCCCCC(=O)OC[N+]1(CCCCN2C(=O)C3CCCCC3C2=O)CCN(c2nsc3ccccc23)CC1. The molecule has 1 aromatic heterocycles. The first-order chi connectivity index (χ1) is 19.0. The summed E-state index contributed by atoms with van der Waals surface area (Å²) in [5.74, 6) is 0.901. The lowest BCUT2D eigenvalue weighted by Gasteiger charge is -2.44. The van der Waals surface area contributed by atoms with Gasteiger partial charge in [-0.05, 0) is 55.8 Å². The highest BCUT2D eigenvalue weighted by Gasteiger charge is 2.47. The molecule has 1 aromatic carbocycles. The molecule has 3 heterocycles. The molecule has 212 valence electrons. The summed E-state index contributed by atoms with van der Waals surface area (Å²) in [5.41, 5.74) is 0. The number of carbonyl (C=O) groups is 3. The molecule has 0 bridgehead atoms. The monoisotopic (exact) mass is 555 g/mol. The number of aromatic nitrogens is 1. The molecule has 0 radical (unpaired) electrons. The number of piperazine rings is 1. The second-order valence-corrected chi connectivity index (χ2v) is 12.4. The highest BCUT2D eigenvalue weighted by atomic mass is 32.1. The Morgan fingerprint density at radius 3 is 2.46 bits per heavy atom. The molecule has 2 atom stereocenters. The van der Waals surface area contributed by atoms with E-state index in [1.54, 1.807) is 16.4 Å². The van der Waals surface area contributed by atoms with Crippen LogP contribution in [0, 0.1) is 11.8 Å². The molecule has 8 nitrogen and oxygen atoms in total. The van der Waals surface area contributed by atoms with Gasteiger partial charge in [-0.25, -0.2) is 0 Å². The number of hydrogen-bond acceptors (Lipinski definition) is 7. The number of rotatable bonds is 12. The molecule has 5 rings (SSSR count). The number of imide groups is 1. The number of anilines is 1. The highest BCUT2D eigenvalue weighted by molar-refractivity contribution is 7.13. The van der Waals surface area contributed by atoms with Crippen LogP contribution in [-0.2, 0) is 19.1 Å². The van der Waals surface area contributed by atoms with Crippen molar-refractivity contribution in [1.82, 2.24) is 9.27 Å². The molecule has 9 heteroatoms. The summed E-state index contributed by atoms with van der Waals surface area (Å²) in [6.07, 6.45) is 8.99. The summed E-state index contributed by atoms with van der Waals surface area (Å²) in [5, 5.41) is 1.20. The van der Waals surface area contributed by atoms with Gasteiger partial charge in [-0.2, -0.15) is 4.37 Å². The van der Waals surface area contributed by atoms with Gasteiger partial charge in [0.2, 0.25) is 18.5 Å². The van der Waals surface area contributed by atoms with Gasteiger partial charge in [-0.1, -0.05) is 44.7 Å². The number of benzene rings is 1. The van der Waals surface area contributed by atoms with Gasteiger partial charge in [0, 0.05) is 18.4 Å². The number of unbranched alkanes of at least 4 members (excludes halogenated alkanes) is 3. The van der Waals surface area contributed by atoms with Gasteiger partial charge in [-0.3, -0.25) is 23.8 Å². The molecule has 2 amide bonds. The minimum atomic E-state index is -0.107. The Labute approximate surface area is 236 Å². The topological polar surface area (TPSA) is 79.8 Å². The zero-order chi connectivity index (χ0) is 27.2. The van der Waals surface area contributed by atoms with E-state index in [4.69, 9.17) is 9.11 Å². The number of fused-ring (bicyclic) bond motifs is 2. The van der Waals surface area contributed by atoms with Gasteiger partial charge >= 0.3 is 5.97 Å². The number of quaternary nitrogens is 1. The smallest absolute Gasteiger partial charge is 0.310 e. The number of likely N-dealkylation sites (tertiary alicyclic amines) is 1. The third-order valence-electron chi connectivity index (χ3n) is 9.03. The Morgan fingerprint density at radius 2 is 1.74 bits per heavy atom. The first-order valence-corrected chi connectivity index (χ1v) is 15.7. The predicted octanol–water partition coefficient (Wildman–Crippen LogP) is 4.97. The zero-order valence-corrected chi connectivity index (χ0v) is 24.1. The maximum absolute atomic E-state index is 12.9. The van der Waals surface area contributed by atoms with Crippen LogP contribution in [0.5, 0.6) is 0 Å². The molecule has 2 unspecified atom stereocenters. The fourth-order valence-electron chi connectivity index (χ4n) is 6.59. The quantitative estimate of drug-likeness (QED) is 0.159. The summed E-state index contributed by atoms with van der Waals surface area (Å²) in [6.45, 7) is 7.37. The summed E-state index contributed by atoms with van der Waals surface area (Å²) in [7, 11) is 0. The molecule has 0 N–H and O–H groups in total. The van der Waals surface area contributed by atoms with Crippen molar-refractivity contribution < 1.29 is 23.6 Å². The van der Waals surface area contributed by atoms with Crippen LogP contribution < -0.4 is 4.90 Å². The van der Waals surface area contributed by atoms with E-state index in [0.29, 0.717) is 19.7 Å². The minimum absolute atomic E-state index is 0.0544. The van der Waals surface area contributed by atoms with Crippen molar-refractivity contribution >= 4 is 45.2 Å². The van der Waals surface area contributed by atoms with E-state index in [1.165, 1.54) is 10.1 Å². The molecular formula is C30H43N4O4S+. The first-order valence-electron chi connectivity index (χ1n) is 15.0. The average Bonchev–Trinajstić information content (AvgIpc) is 3.50. The van der Waals surface area contributed by atoms with Crippen molar-refractivity contribution in [3.8, 4) is 0 Å². The van der Waals surface area contributed by atoms with E-state index in [0.717, 1.165) is 101 Å². The van der Waals surface area contributed by atoms with Gasteiger partial charge in [0.1, 0.15) is 0 Å². The fourth-order valence-corrected chi connectivity index (χ4v) is 7.38. The molecule has 39 heavy (non-hydrogen) atoms. The Kier molecular flexibility index (Phi) is 9.17. The Hall–Kier alpha value is -2.52.